The van der Waals surface area contributed by atoms with Gasteiger partial charge >= 0.3 is 0 Å². The number of hydrogen-bond donors (Lipinski definition) is 1. The van der Waals surface area contributed by atoms with Crippen LogP contribution in [0.5, 0.6) is 0 Å². The van der Waals surface area contributed by atoms with E-state index in [1.807, 2.05) is 0 Å². The van der Waals surface area contributed by atoms with Crippen molar-refractivity contribution >= 4 is 11.8 Å². The molecule has 0 aromatic heterocycles. The number of ether oxygens (including phenoxy) is 1. The number of rotatable bonds is 2. The minimum atomic E-state index is 0.345. The zero-order valence-electron chi connectivity index (χ0n) is 9.34. The molecule has 3 unspecified atom stereocenters. The Morgan fingerprint density at radius 3 is 2.80 bits per heavy atom. The highest BCUT2D eigenvalue weighted by Crippen LogP contribution is 2.44. The molecule has 15 heavy (non-hydrogen) atoms. The topological polar surface area (TPSA) is 21.3 Å². The lowest BCUT2D eigenvalue weighted by Crippen LogP contribution is -2.56. The first kappa shape index (κ1) is 10.4. The Morgan fingerprint density at radius 1 is 1.20 bits per heavy atom. The molecule has 3 heterocycles. The fourth-order valence-corrected chi connectivity index (χ4v) is 5.12. The third-order valence-electron chi connectivity index (χ3n) is 4.23. The second kappa shape index (κ2) is 4.27. The van der Waals surface area contributed by atoms with Crippen molar-refractivity contribution in [3.63, 3.8) is 0 Å². The van der Waals surface area contributed by atoms with E-state index in [9.17, 15) is 0 Å². The summed E-state index contributed by atoms with van der Waals surface area (Å²) in [6, 6.07) is 0. The van der Waals surface area contributed by atoms with E-state index in [1.165, 1.54) is 50.8 Å². The van der Waals surface area contributed by atoms with E-state index in [-0.39, 0.29) is 0 Å². The first-order chi connectivity index (χ1) is 7.42. The van der Waals surface area contributed by atoms with Gasteiger partial charge in [0.05, 0.1) is 11.6 Å². The van der Waals surface area contributed by atoms with Gasteiger partial charge in [-0.15, -0.1) is 0 Å². The van der Waals surface area contributed by atoms with E-state index >= 15 is 0 Å². The summed E-state index contributed by atoms with van der Waals surface area (Å²) in [5, 5.41) is 4.63. The van der Waals surface area contributed by atoms with Gasteiger partial charge in [-0.3, -0.25) is 0 Å². The summed E-state index contributed by atoms with van der Waals surface area (Å²) in [7, 11) is 0. The molecule has 0 radical (unpaired) electrons. The van der Waals surface area contributed by atoms with Crippen LogP contribution in [0.1, 0.15) is 38.5 Å². The van der Waals surface area contributed by atoms with Crippen LogP contribution in [0.3, 0.4) is 0 Å². The van der Waals surface area contributed by atoms with E-state index in [1.54, 1.807) is 0 Å². The number of nitrogens with one attached hydrogen (secondary N) is 1. The molecule has 3 saturated heterocycles. The Kier molecular flexibility index (Phi) is 2.97. The molecule has 86 valence electrons. The van der Waals surface area contributed by atoms with Gasteiger partial charge in [0.15, 0.2) is 0 Å². The second-order valence-electron chi connectivity index (χ2n) is 5.07. The summed E-state index contributed by atoms with van der Waals surface area (Å²) in [5.41, 5.74) is 0.345. The molecule has 3 heteroatoms. The van der Waals surface area contributed by atoms with Crippen molar-refractivity contribution in [3.05, 3.63) is 0 Å². The molecule has 0 aromatic carbocycles. The maximum atomic E-state index is 5.98. The normalized spacial score (nSPS) is 46.4. The molecule has 2 nitrogen and oxygen atoms in total. The van der Waals surface area contributed by atoms with E-state index in [4.69, 9.17) is 4.74 Å². The van der Waals surface area contributed by atoms with Gasteiger partial charge in [-0.2, -0.15) is 11.8 Å². The maximum Gasteiger partial charge on any atom is 0.0768 e. The second-order valence-corrected chi connectivity index (χ2v) is 6.38. The average Bonchev–Trinajstić information content (AvgIpc) is 3.02. The molecule has 0 bridgehead atoms. The van der Waals surface area contributed by atoms with Gasteiger partial charge in [-0.05, 0) is 50.8 Å². The lowest BCUT2D eigenvalue weighted by Gasteiger charge is -2.40. The molecule has 0 amide bonds. The van der Waals surface area contributed by atoms with Gasteiger partial charge in [0, 0.05) is 11.9 Å². The fraction of sp³-hybridized carbons (Fsp3) is 1.00. The van der Waals surface area contributed by atoms with Gasteiger partial charge in [0.1, 0.15) is 0 Å². The van der Waals surface area contributed by atoms with Gasteiger partial charge in [0.25, 0.3) is 0 Å². The largest absolute Gasteiger partial charge is 0.376 e. The minimum absolute atomic E-state index is 0.345. The van der Waals surface area contributed by atoms with Crippen LogP contribution in [0.2, 0.25) is 0 Å². The van der Waals surface area contributed by atoms with Crippen molar-refractivity contribution in [3.8, 4) is 0 Å². The Balaban J connectivity index is 1.80. The quantitative estimate of drug-likeness (QED) is 0.781. The van der Waals surface area contributed by atoms with Crippen molar-refractivity contribution in [1.29, 1.82) is 0 Å². The van der Waals surface area contributed by atoms with Crippen LogP contribution < -0.4 is 5.32 Å². The van der Waals surface area contributed by atoms with Crippen molar-refractivity contribution in [2.24, 2.45) is 0 Å². The van der Waals surface area contributed by atoms with Gasteiger partial charge in [-0.1, -0.05) is 0 Å². The SMILES string of the molecule is C1COC(C2(C3CCCS3)CCCN2)C1. The Bertz CT molecular complexity index is 198. The van der Waals surface area contributed by atoms with Crippen LogP contribution in [0.25, 0.3) is 0 Å². The van der Waals surface area contributed by atoms with Crippen LogP contribution in [0.15, 0.2) is 0 Å². The lowest BCUT2D eigenvalue weighted by atomic mass is 9.83. The highest BCUT2D eigenvalue weighted by atomic mass is 32.2. The van der Waals surface area contributed by atoms with Gasteiger partial charge in [0.2, 0.25) is 0 Å². The summed E-state index contributed by atoms with van der Waals surface area (Å²) < 4.78 is 5.98. The minimum Gasteiger partial charge on any atom is -0.376 e. The predicted molar refractivity (Wildman–Crippen MR) is 64.4 cm³/mol. The Morgan fingerprint density at radius 2 is 2.20 bits per heavy atom. The van der Waals surface area contributed by atoms with Crippen LogP contribution in [0, 0.1) is 0 Å². The lowest BCUT2D eigenvalue weighted by molar-refractivity contribution is 0.0346. The predicted octanol–water partition coefficient (Wildman–Crippen LogP) is 2.18. The molecular weight excluding hydrogens is 206 g/mol. The standard InChI is InChI=1S/C12H21NOS/c1-4-10(14-8-1)12(6-3-7-13-12)11-5-2-9-15-11/h10-11,13H,1-9H2. The highest BCUT2D eigenvalue weighted by molar-refractivity contribution is 8.00. The van der Waals surface area contributed by atoms with Gasteiger partial charge < -0.3 is 10.1 Å². The average molecular weight is 227 g/mol. The molecule has 0 saturated carbocycles. The summed E-state index contributed by atoms with van der Waals surface area (Å²) in [6.07, 6.45) is 8.56. The fourth-order valence-electron chi connectivity index (χ4n) is 3.52. The Hall–Kier alpha value is 0.270. The molecule has 1 N–H and O–H groups in total. The molecule has 0 spiro atoms. The van der Waals surface area contributed by atoms with E-state index in [0.29, 0.717) is 11.6 Å². The summed E-state index contributed by atoms with van der Waals surface area (Å²) in [6.45, 7) is 2.20. The first-order valence-electron chi connectivity index (χ1n) is 6.40. The third-order valence-corrected chi connectivity index (χ3v) is 5.81. The van der Waals surface area contributed by atoms with Crippen LogP contribution >= 0.6 is 11.8 Å². The van der Waals surface area contributed by atoms with Crippen molar-refractivity contribution in [1.82, 2.24) is 5.32 Å². The van der Waals surface area contributed by atoms with E-state index < -0.39 is 0 Å². The number of thioether (sulfide) groups is 1. The van der Waals surface area contributed by atoms with Crippen LogP contribution in [-0.4, -0.2) is 35.8 Å². The third kappa shape index (κ3) is 1.73. The molecule has 3 atom stereocenters. The van der Waals surface area contributed by atoms with Crippen molar-refractivity contribution in [2.45, 2.75) is 55.4 Å². The highest BCUT2D eigenvalue weighted by Gasteiger charge is 2.49. The molecular formula is C12H21NOS. The van der Waals surface area contributed by atoms with Crippen LogP contribution in [0.4, 0.5) is 0 Å². The molecule has 3 fully saturated rings. The van der Waals surface area contributed by atoms with E-state index in [2.05, 4.69) is 17.1 Å². The summed E-state index contributed by atoms with van der Waals surface area (Å²) in [5.74, 6) is 1.36. The zero-order chi connectivity index (χ0) is 10.1. The maximum absolute atomic E-state index is 5.98. The van der Waals surface area contributed by atoms with Gasteiger partial charge in [-0.25, -0.2) is 0 Å². The number of hydrogen-bond acceptors (Lipinski definition) is 3. The first-order valence-corrected chi connectivity index (χ1v) is 7.45. The van der Waals surface area contributed by atoms with Crippen molar-refractivity contribution < 1.29 is 4.74 Å². The molecule has 0 aliphatic carbocycles. The monoisotopic (exact) mass is 227 g/mol. The molecule has 3 aliphatic rings. The summed E-state index contributed by atoms with van der Waals surface area (Å²) >= 11 is 2.18. The molecule has 3 aliphatic heterocycles. The smallest absolute Gasteiger partial charge is 0.0768 e. The molecule has 0 aromatic rings. The zero-order valence-corrected chi connectivity index (χ0v) is 10.2. The van der Waals surface area contributed by atoms with Crippen molar-refractivity contribution in [2.75, 3.05) is 18.9 Å². The van der Waals surface area contributed by atoms with E-state index in [0.717, 1.165) is 11.9 Å². The van der Waals surface area contributed by atoms with Crippen LogP contribution in [-0.2, 0) is 4.74 Å². The summed E-state index contributed by atoms with van der Waals surface area (Å²) in [4.78, 5) is 0. The molecule has 3 rings (SSSR count). The Labute approximate surface area is 96.5 Å².